The van der Waals surface area contributed by atoms with Crippen molar-refractivity contribution in [3.05, 3.63) is 22.6 Å². The van der Waals surface area contributed by atoms with Crippen molar-refractivity contribution in [1.82, 2.24) is 5.32 Å². The number of nitrogens with one attached hydrogen (secondary N) is 1. The number of amides is 1. The van der Waals surface area contributed by atoms with Crippen LogP contribution >= 0.6 is 47.8 Å². The van der Waals surface area contributed by atoms with Crippen molar-refractivity contribution < 1.29 is 9.21 Å². The Labute approximate surface area is 120 Å². The Morgan fingerprint density at radius 3 is 2.44 bits per heavy atom. The highest BCUT2D eigenvalue weighted by Crippen LogP contribution is 2.19. The summed E-state index contributed by atoms with van der Waals surface area (Å²) in [6, 6.07) is 3.34. The summed E-state index contributed by atoms with van der Waals surface area (Å²) in [5, 5.41) is 4.34. The number of rotatable bonds is 5. The molecule has 1 rings (SSSR count). The largest absolute Gasteiger partial charge is 0.444 e. The molecule has 1 aromatic rings. The summed E-state index contributed by atoms with van der Waals surface area (Å²) in [5.41, 5.74) is -0.281. The number of hydrogen-bond acceptors (Lipinski definition) is 2. The van der Waals surface area contributed by atoms with Gasteiger partial charge in [-0.3, -0.25) is 4.79 Å². The van der Waals surface area contributed by atoms with Crippen molar-refractivity contribution in [3.8, 4) is 0 Å². The van der Waals surface area contributed by atoms with E-state index in [4.69, 9.17) is 4.42 Å². The Kier molecular flexibility index (Phi) is 5.53. The molecular formula is C10H12Br3NO2. The minimum absolute atomic E-state index is 0.202. The second-order valence-electron chi connectivity index (χ2n) is 3.46. The predicted octanol–water partition coefficient (Wildman–Crippen LogP) is 3.71. The smallest absolute Gasteiger partial charge is 0.287 e. The molecule has 0 aliphatic carbocycles. The van der Waals surface area contributed by atoms with E-state index in [0.717, 1.165) is 6.42 Å². The molecule has 0 radical (unpaired) electrons. The first-order chi connectivity index (χ1) is 7.56. The second-order valence-corrected chi connectivity index (χ2v) is 5.36. The monoisotopic (exact) mass is 415 g/mol. The highest BCUT2D eigenvalue weighted by molar-refractivity contribution is 9.10. The lowest BCUT2D eigenvalue weighted by Crippen LogP contribution is -2.51. The lowest BCUT2D eigenvalue weighted by atomic mass is 10.0. The quantitative estimate of drug-likeness (QED) is 0.742. The van der Waals surface area contributed by atoms with Gasteiger partial charge in [-0.2, -0.15) is 0 Å². The molecule has 16 heavy (non-hydrogen) atoms. The Morgan fingerprint density at radius 1 is 1.44 bits per heavy atom. The molecule has 1 N–H and O–H groups in total. The van der Waals surface area contributed by atoms with Crippen molar-refractivity contribution in [2.75, 3.05) is 10.7 Å². The third-order valence-electron chi connectivity index (χ3n) is 2.36. The molecule has 0 bridgehead atoms. The van der Waals surface area contributed by atoms with Gasteiger partial charge in [-0.1, -0.05) is 38.8 Å². The minimum Gasteiger partial charge on any atom is -0.444 e. The lowest BCUT2D eigenvalue weighted by Gasteiger charge is -2.29. The summed E-state index contributed by atoms with van der Waals surface area (Å²) >= 11 is 10.00. The van der Waals surface area contributed by atoms with E-state index in [0.29, 0.717) is 21.1 Å². The fraction of sp³-hybridized carbons (Fsp3) is 0.500. The van der Waals surface area contributed by atoms with Crippen LogP contribution in [-0.4, -0.2) is 22.1 Å². The van der Waals surface area contributed by atoms with Crippen molar-refractivity contribution in [2.45, 2.75) is 18.9 Å². The Hall–Kier alpha value is 0.190. The number of halogens is 3. The van der Waals surface area contributed by atoms with Gasteiger partial charge in [0.2, 0.25) is 0 Å². The topological polar surface area (TPSA) is 42.2 Å². The Bertz CT molecular complexity index is 352. The summed E-state index contributed by atoms with van der Waals surface area (Å²) in [5.74, 6) is 0.109. The maximum absolute atomic E-state index is 11.9. The average molecular weight is 418 g/mol. The minimum atomic E-state index is -0.281. The van der Waals surface area contributed by atoms with Gasteiger partial charge in [-0.05, 0) is 34.5 Å². The summed E-state index contributed by atoms with van der Waals surface area (Å²) < 4.78 is 5.75. The number of carbonyl (C=O) groups is 1. The van der Waals surface area contributed by atoms with Gasteiger partial charge >= 0.3 is 0 Å². The van der Waals surface area contributed by atoms with E-state index in [-0.39, 0.29) is 11.4 Å². The number of furan rings is 1. The first kappa shape index (κ1) is 14.3. The normalized spacial score (nSPS) is 11.5. The van der Waals surface area contributed by atoms with Crippen molar-refractivity contribution in [3.63, 3.8) is 0 Å². The van der Waals surface area contributed by atoms with E-state index in [1.165, 1.54) is 0 Å². The van der Waals surface area contributed by atoms with Crippen LogP contribution in [-0.2, 0) is 0 Å². The van der Waals surface area contributed by atoms with E-state index in [1.54, 1.807) is 12.1 Å². The summed E-state index contributed by atoms with van der Waals surface area (Å²) in [4.78, 5) is 11.9. The molecule has 0 atom stereocenters. The van der Waals surface area contributed by atoms with E-state index >= 15 is 0 Å². The van der Waals surface area contributed by atoms with Crippen molar-refractivity contribution in [2.24, 2.45) is 0 Å². The molecule has 0 saturated heterocycles. The molecule has 1 amide bonds. The second kappa shape index (κ2) is 6.21. The zero-order valence-electron chi connectivity index (χ0n) is 8.73. The third-order valence-corrected chi connectivity index (χ3v) is 4.94. The van der Waals surface area contributed by atoms with Crippen LogP contribution in [0.2, 0.25) is 0 Å². The molecule has 3 nitrogen and oxygen atoms in total. The van der Waals surface area contributed by atoms with Crippen molar-refractivity contribution >= 4 is 53.7 Å². The molecule has 0 saturated carbocycles. The third kappa shape index (κ3) is 3.34. The van der Waals surface area contributed by atoms with Crippen LogP contribution in [0.25, 0.3) is 0 Å². The molecule has 0 fully saturated rings. The highest BCUT2D eigenvalue weighted by atomic mass is 79.9. The van der Waals surface area contributed by atoms with Gasteiger partial charge in [0.15, 0.2) is 10.4 Å². The Balaban J connectivity index is 2.76. The number of hydrogen-bond donors (Lipinski definition) is 1. The fourth-order valence-corrected chi connectivity index (χ4v) is 3.43. The molecule has 0 aliphatic heterocycles. The van der Waals surface area contributed by atoms with Crippen LogP contribution in [0.3, 0.4) is 0 Å². The first-order valence-corrected chi connectivity index (χ1v) is 7.80. The van der Waals surface area contributed by atoms with E-state index < -0.39 is 0 Å². The zero-order valence-corrected chi connectivity index (χ0v) is 13.5. The van der Waals surface area contributed by atoms with Gasteiger partial charge < -0.3 is 9.73 Å². The van der Waals surface area contributed by atoms with Crippen LogP contribution in [0.15, 0.2) is 21.2 Å². The van der Waals surface area contributed by atoms with Gasteiger partial charge in [0.05, 0.1) is 5.54 Å². The zero-order chi connectivity index (χ0) is 12.2. The molecule has 90 valence electrons. The summed E-state index contributed by atoms with van der Waals surface area (Å²) in [7, 11) is 0. The standard InChI is InChI=1S/C10H12Br3NO2/c1-2-10(5-11,6-12)14-9(15)7-3-4-8(13)16-7/h3-4H,2,5-6H2,1H3,(H,14,15). The molecule has 1 heterocycles. The van der Waals surface area contributed by atoms with Crippen LogP contribution < -0.4 is 5.32 Å². The molecule has 1 aromatic heterocycles. The van der Waals surface area contributed by atoms with Crippen molar-refractivity contribution in [1.29, 1.82) is 0 Å². The van der Waals surface area contributed by atoms with Gasteiger partial charge in [0.1, 0.15) is 0 Å². The molecule has 0 spiro atoms. The van der Waals surface area contributed by atoms with Gasteiger partial charge in [-0.15, -0.1) is 0 Å². The van der Waals surface area contributed by atoms with Crippen LogP contribution in [0, 0.1) is 0 Å². The van der Waals surface area contributed by atoms with Crippen LogP contribution in [0.4, 0.5) is 0 Å². The van der Waals surface area contributed by atoms with Gasteiger partial charge in [0.25, 0.3) is 5.91 Å². The van der Waals surface area contributed by atoms with E-state index in [1.807, 2.05) is 6.92 Å². The number of carbonyl (C=O) groups excluding carboxylic acids is 1. The Morgan fingerprint density at radius 2 is 2.06 bits per heavy atom. The molecule has 0 aromatic carbocycles. The molecule has 0 unspecified atom stereocenters. The first-order valence-electron chi connectivity index (χ1n) is 4.76. The summed E-state index contributed by atoms with van der Waals surface area (Å²) in [6.07, 6.45) is 0.830. The van der Waals surface area contributed by atoms with E-state index in [2.05, 4.69) is 53.1 Å². The summed E-state index contributed by atoms with van der Waals surface area (Å²) in [6.45, 7) is 2.03. The lowest BCUT2D eigenvalue weighted by molar-refractivity contribution is 0.0885. The SMILES string of the molecule is CCC(CBr)(CBr)NC(=O)c1ccc(Br)o1. The maximum atomic E-state index is 11.9. The predicted molar refractivity (Wildman–Crippen MR) is 74.5 cm³/mol. The van der Waals surface area contributed by atoms with Gasteiger partial charge in [0, 0.05) is 10.7 Å². The maximum Gasteiger partial charge on any atom is 0.287 e. The van der Waals surface area contributed by atoms with Crippen LogP contribution in [0.1, 0.15) is 23.9 Å². The number of alkyl halides is 2. The van der Waals surface area contributed by atoms with E-state index in [9.17, 15) is 4.79 Å². The highest BCUT2D eigenvalue weighted by Gasteiger charge is 2.29. The van der Waals surface area contributed by atoms with Gasteiger partial charge in [-0.25, -0.2) is 0 Å². The van der Waals surface area contributed by atoms with Crippen LogP contribution in [0.5, 0.6) is 0 Å². The fourth-order valence-electron chi connectivity index (χ4n) is 1.12. The average Bonchev–Trinajstić information content (AvgIpc) is 2.73. The molecule has 6 heteroatoms. The molecular weight excluding hydrogens is 406 g/mol. The molecule has 0 aliphatic rings.